The van der Waals surface area contributed by atoms with Gasteiger partial charge in [0, 0.05) is 18.2 Å². The van der Waals surface area contributed by atoms with Gasteiger partial charge < -0.3 is 5.32 Å². The molecule has 29 heavy (non-hydrogen) atoms. The SMILES string of the molecule is Cc1cc(C)cc(-c2nc3cc(C)ccn3c2NC(=O)C[C@@H](C)CC(C)(C)C)c1. The Morgan fingerprint density at radius 1 is 1.07 bits per heavy atom. The van der Waals surface area contributed by atoms with Gasteiger partial charge in [-0.2, -0.15) is 0 Å². The molecule has 2 aromatic heterocycles. The number of amides is 1. The average Bonchev–Trinajstić information content (AvgIpc) is 2.89. The molecule has 3 aromatic rings. The number of pyridine rings is 1. The van der Waals surface area contributed by atoms with Crippen LogP contribution in [0, 0.1) is 32.1 Å². The zero-order valence-corrected chi connectivity index (χ0v) is 18.8. The van der Waals surface area contributed by atoms with Crippen molar-refractivity contribution in [2.45, 2.75) is 61.3 Å². The summed E-state index contributed by atoms with van der Waals surface area (Å²) in [6.45, 7) is 15.0. The molecule has 4 nitrogen and oxygen atoms in total. The van der Waals surface area contributed by atoms with Crippen LogP contribution in [0.25, 0.3) is 16.9 Å². The van der Waals surface area contributed by atoms with Gasteiger partial charge in [-0.3, -0.25) is 9.20 Å². The third kappa shape index (κ3) is 5.26. The molecule has 0 aliphatic carbocycles. The number of hydrogen-bond donors (Lipinski definition) is 1. The lowest BCUT2D eigenvalue weighted by molar-refractivity contribution is -0.117. The fourth-order valence-corrected chi connectivity index (χ4v) is 4.20. The van der Waals surface area contributed by atoms with Gasteiger partial charge in [-0.25, -0.2) is 4.98 Å². The zero-order valence-electron chi connectivity index (χ0n) is 18.8. The molecule has 0 saturated carbocycles. The highest BCUT2D eigenvalue weighted by Crippen LogP contribution is 2.31. The van der Waals surface area contributed by atoms with Crippen molar-refractivity contribution < 1.29 is 4.79 Å². The van der Waals surface area contributed by atoms with E-state index < -0.39 is 0 Å². The molecule has 154 valence electrons. The molecule has 0 aliphatic rings. The van der Waals surface area contributed by atoms with Crippen LogP contribution in [0.15, 0.2) is 36.5 Å². The van der Waals surface area contributed by atoms with E-state index in [9.17, 15) is 4.79 Å². The van der Waals surface area contributed by atoms with Crippen LogP contribution in [0.5, 0.6) is 0 Å². The lowest BCUT2D eigenvalue weighted by Gasteiger charge is -2.22. The summed E-state index contributed by atoms with van der Waals surface area (Å²) < 4.78 is 1.98. The molecule has 0 spiro atoms. The van der Waals surface area contributed by atoms with Gasteiger partial charge in [0.05, 0.1) is 0 Å². The number of benzene rings is 1. The van der Waals surface area contributed by atoms with Crippen LogP contribution in [-0.2, 0) is 4.79 Å². The number of hydrogen-bond acceptors (Lipinski definition) is 2. The van der Waals surface area contributed by atoms with Crippen molar-refractivity contribution in [2.24, 2.45) is 11.3 Å². The monoisotopic (exact) mass is 391 g/mol. The molecule has 0 radical (unpaired) electrons. The summed E-state index contributed by atoms with van der Waals surface area (Å²) in [4.78, 5) is 17.7. The molecule has 1 aromatic carbocycles. The second kappa shape index (κ2) is 8.02. The van der Waals surface area contributed by atoms with Crippen LogP contribution in [0.4, 0.5) is 5.82 Å². The number of carbonyl (C=O) groups excluding carboxylic acids is 1. The molecule has 1 atom stereocenters. The molecular formula is C25H33N3O. The van der Waals surface area contributed by atoms with Gasteiger partial charge in [0.25, 0.3) is 0 Å². The number of aromatic nitrogens is 2. The summed E-state index contributed by atoms with van der Waals surface area (Å²) in [5, 5.41) is 3.17. The zero-order chi connectivity index (χ0) is 21.3. The van der Waals surface area contributed by atoms with Crippen LogP contribution >= 0.6 is 0 Å². The maximum atomic E-state index is 12.9. The smallest absolute Gasteiger partial charge is 0.225 e. The first-order chi connectivity index (χ1) is 13.5. The maximum Gasteiger partial charge on any atom is 0.225 e. The molecule has 0 aliphatic heterocycles. The van der Waals surface area contributed by atoms with Gasteiger partial charge in [0.15, 0.2) is 0 Å². The van der Waals surface area contributed by atoms with Crippen molar-refractivity contribution in [3.63, 3.8) is 0 Å². The van der Waals surface area contributed by atoms with E-state index in [1.807, 2.05) is 22.7 Å². The highest BCUT2D eigenvalue weighted by Gasteiger charge is 2.21. The van der Waals surface area contributed by atoms with Crippen molar-refractivity contribution in [1.29, 1.82) is 0 Å². The Kier molecular flexibility index (Phi) is 5.83. The number of nitrogens with one attached hydrogen (secondary N) is 1. The highest BCUT2D eigenvalue weighted by molar-refractivity contribution is 5.94. The van der Waals surface area contributed by atoms with Crippen LogP contribution in [0.1, 0.15) is 57.2 Å². The van der Waals surface area contributed by atoms with E-state index in [-0.39, 0.29) is 11.3 Å². The Labute approximate surface area is 174 Å². The predicted molar refractivity (Wildman–Crippen MR) is 121 cm³/mol. The summed E-state index contributed by atoms with van der Waals surface area (Å²) in [6.07, 6.45) is 3.50. The third-order valence-electron chi connectivity index (χ3n) is 5.03. The van der Waals surface area contributed by atoms with Gasteiger partial charge in [-0.1, -0.05) is 44.9 Å². The Balaban J connectivity index is 1.98. The molecule has 0 unspecified atom stereocenters. The molecule has 0 saturated heterocycles. The molecule has 0 fully saturated rings. The van der Waals surface area contributed by atoms with Crippen LogP contribution < -0.4 is 5.32 Å². The second-order valence-electron chi connectivity index (χ2n) is 9.74. The van der Waals surface area contributed by atoms with E-state index in [0.717, 1.165) is 34.7 Å². The van der Waals surface area contributed by atoms with E-state index in [2.05, 4.69) is 72.0 Å². The highest BCUT2D eigenvalue weighted by atomic mass is 16.1. The minimum atomic E-state index is 0.0368. The Hall–Kier alpha value is -2.62. The first-order valence-corrected chi connectivity index (χ1v) is 10.4. The second-order valence-corrected chi connectivity index (χ2v) is 9.74. The summed E-state index contributed by atoms with van der Waals surface area (Å²) in [5.74, 6) is 1.11. The largest absolute Gasteiger partial charge is 0.310 e. The van der Waals surface area contributed by atoms with Gasteiger partial charge in [0.1, 0.15) is 17.2 Å². The Bertz CT molecular complexity index is 1020. The van der Waals surface area contributed by atoms with Gasteiger partial charge in [-0.05, 0) is 68.4 Å². The van der Waals surface area contributed by atoms with Crippen LogP contribution in [0.3, 0.4) is 0 Å². The van der Waals surface area contributed by atoms with E-state index in [1.165, 1.54) is 11.1 Å². The number of nitrogens with zero attached hydrogens (tertiary/aromatic N) is 2. The molecule has 1 amide bonds. The topological polar surface area (TPSA) is 46.4 Å². The van der Waals surface area contributed by atoms with Crippen molar-refractivity contribution >= 4 is 17.4 Å². The number of anilines is 1. The van der Waals surface area contributed by atoms with Gasteiger partial charge in [-0.15, -0.1) is 0 Å². The van der Waals surface area contributed by atoms with Crippen LogP contribution in [-0.4, -0.2) is 15.3 Å². The average molecular weight is 392 g/mol. The number of imidazole rings is 1. The summed E-state index contributed by atoms with van der Waals surface area (Å²) in [5.41, 5.74) is 6.42. The molecule has 1 N–H and O–H groups in total. The normalized spacial score (nSPS) is 12.9. The predicted octanol–water partition coefficient (Wildman–Crippen LogP) is 6.33. The van der Waals surface area contributed by atoms with Crippen molar-refractivity contribution in [2.75, 3.05) is 5.32 Å². The van der Waals surface area contributed by atoms with E-state index in [1.54, 1.807) is 0 Å². The summed E-state index contributed by atoms with van der Waals surface area (Å²) in [6, 6.07) is 10.5. The number of aryl methyl sites for hydroxylation is 3. The standard InChI is InChI=1S/C25H33N3O/c1-16-8-9-28-21(13-16)26-23(20-11-17(2)10-18(3)12-20)24(28)27-22(29)14-19(4)15-25(5,6)7/h8-13,19H,14-15H2,1-7H3,(H,27,29)/t19-/m1/s1. The summed E-state index contributed by atoms with van der Waals surface area (Å²) >= 11 is 0. The lowest BCUT2D eigenvalue weighted by atomic mass is 9.84. The van der Waals surface area contributed by atoms with Crippen molar-refractivity contribution in [1.82, 2.24) is 9.38 Å². The number of rotatable bonds is 5. The minimum Gasteiger partial charge on any atom is -0.310 e. The van der Waals surface area contributed by atoms with Crippen LogP contribution in [0.2, 0.25) is 0 Å². The lowest BCUT2D eigenvalue weighted by Crippen LogP contribution is -2.19. The molecule has 0 bridgehead atoms. The maximum absolute atomic E-state index is 12.9. The fourth-order valence-electron chi connectivity index (χ4n) is 4.20. The quantitative estimate of drug-likeness (QED) is 0.552. The number of carbonyl (C=O) groups is 1. The third-order valence-corrected chi connectivity index (χ3v) is 5.03. The first kappa shape index (κ1) is 21.1. The van der Waals surface area contributed by atoms with Gasteiger partial charge >= 0.3 is 0 Å². The van der Waals surface area contributed by atoms with Crippen molar-refractivity contribution in [3.8, 4) is 11.3 Å². The first-order valence-electron chi connectivity index (χ1n) is 10.4. The molecule has 3 rings (SSSR count). The summed E-state index contributed by atoms with van der Waals surface area (Å²) in [7, 11) is 0. The fraction of sp³-hybridized carbons (Fsp3) is 0.440. The van der Waals surface area contributed by atoms with Crippen molar-refractivity contribution in [3.05, 3.63) is 53.2 Å². The van der Waals surface area contributed by atoms with Gasteiger partial charge in [0.2, 0.25) is 5.91 Å². The molecule has 4 heteroatoms. The van der Waals surface area contributed by atoms with E-state index in [0.29, 0.717) is 12.3 Å². The Morgan fingerprint density at radius 2 is 1.72 bits per heavy atom. The minimum absolute atomic E-state index is 0.0368. The molecular weight excluding hydrogens is 358 g/mol. The van der Waals surface area contributed by atoms with E-state index in [4.69, 9.17) is 4.98 Å². The number of fused-ring (bicyclic) bond motifs is 1. The Morgan fingerprint density at radius 3 is 2.34 bits per heavy atom. The molecule has 2 heterocycles. The van der Waals surface area contributed by atoms with E-state index >= 15 is 0 Å².